The minimum atomic E-state index is -3.90. The van der Waals surface area contributed by atoms with Gasteiger partial charge >= 0.3 is 0 Å². The Kier molecular flexibility index (Phi) is 5.73. The number of phenols is 1. The van der Waals surface area contributed by atoms with Gasteiger partial charge in [0.1, 0.15) is 16.5 Å². The first-order chi connectivity index (χ1) is 12.0. The molecular formula is C19H25N3O3S. The maximum absolute atomic E-state index is 12.4. The molecule has 0 bridgehead atoms. The quantitative estimate of drug-likeness (QED) is 0.458. The lowest BCUT2D eigenvalue weighted by Gasteiger charge is -2.19. The zero-order valence-electron chi connectivity index (χ0n) is 15.2. The van der Waals surface area contributed by atoms with Crippen LogP contribution < -0.4 is 10.5 Å². The number of phenolic OH excluding ortho intramolecular Hbond substituents is 1. The molecule has 5 N–H and O–H groups in total. The van der Waals surface area contributed by atoms with Crippen molar-refractivity contribution in [2.45, 2.75) is 37.5 Å². The molecule has 0 saturated heterocycles. The van der Waals surface area contributed by atoms with Gasteiger partial charge in [0.25, 0.3) is 0 Å². The standard InChI is InChI=1S/C19H25N3O3S/c1-19(2,3)15-7-4-13(5-8-15)10-11-22-26(24,25)17-12-14(18(20)21)6-9-16(17)23/h4-9,12,22-23H,10-11H2,1-3H3,(H3,20,21). The van der Waals surface area contributed by atoms with E-state index in [1.54, 1.807) is 0 Å². The highest BCUT2D eigenvalue weighted by Crippen LogP contribution is 2.24. The van der Waals surface area contributed by atoms with Gasteiger partial charge < -0.3 is 10.8 Å². The van der Waals surface area contributed by atoms with Crippen molar-refractivity contribution >= 4 is 15.9 Å². The fraction of sp³-hybridized carbons (Fsp3) is 0.316. The molecule has 6 nitrogen and oxygen atoms in total. The maximum atomic E-state index is 12.4. The summed E-state index contributed by atoms with van der Waals surface area (Å²) in [5.74, 6) is -0.641. The van der Waals surface area contributed by atoms with E-state index in [1.165, 1.54) is 23.8 Å². The van der Waals surface area contributed by atoms with Gasteiger partial charge in [0, 0.05) is 12.1 Å². The molecule has 0 saturated carbocycles. The molecule has 2 aromatic carbocycles. The van der Waals surface area contributed by atoms with E-state index in [9.17, 15) is 13.5 Å². The van der Waals surface area contributed by atoms with Crippen molar-refractivity contribution in [2.75, 3.05) is 6.54 Å². The molecule has 0 atom stereocenters. The van der Waals surface area contributed by atoms with Crippen LogP contribution in [0.1, 0.15) is 37.5 Å². The Morgan fingerprint density at radius 3 is 2.31 bits per heavy atom. The van der Waals surface area contributed by atoms with Crippen LogP contribution in [0.2, 0.25) is 0 Å². The number of aromatic hydroxyl groups is 1. The molecule has 0 spiro atoms. The van der Waals surface area contributed by atoms with Gasteiger partial charge in [-0.1, -0.05) is 45.0 Å². The summed E-state index contributed by atoms with van der Waals surface area (Å²) in [5.41, 5.74) is 7.92. The monoisotopic (exact) mass is 375 g/mol. The summed E-state index contributed by atoms with van der Waals surface area (Å²) in [7, 11) is -3.90. The number of hydrogen-bond donors (Lipinski definition) is 4. The largest absolute Gasteiger partial charge is 0.507 e. The van der Waals surface area contributed by atoms with Crippen molar-refractivity contribution < 1.29 is 13.5 Å². The average molecular weight is 375 g/mol. The van der Waals surface area contributed by atoms with Gasteiger partial charge in [-0.3, -0.25) is 5.41 Å². The van der Waals surface area contributed by atoms with Gasteiger partial charge in [-0.15, -0.1) is 0 Å². The molecule has 0 unspecified atom stereocenters. The molecule has 2 rings (SSSR count). The third-order valence-electron chi connectivity index (χ3n) is 4.09. The van der Waals surface area contributed by atoms with Crippen LogP contribution in [0.4, 0.5) is 0 Å². The minimum Gasteiger partial charge on any atom is -0.507 e. The maximum Gasteiger partial charge on any atom is 0.244 e. The minimum absolute atomic E-state index is 0.0688. The summed E-state index contributed by atoms with van der Waals surface area (Å²) in [4.78, 5) is -0.284. The number of nitrogen functional groups attached to an aromatic ring is 1. The van der Waals surface area contributed by atoms with Crippen LogP contribution >= 0.6 is 0 Å². The molecule has 0 aliphatic heterocycles. The molecule has 26 heavy (non-hydrogen) atoms. The predicted molar refractivity (Wildman–Crippen MR) is 103 cm³/mol. The van der Waals surface area contributed by atoms with Crippen LogP contribution in [0.15, 0.2) is 47.4 Å². The number of sulfonamides is 1. The predicted octanol–water partition coefficient (Wildman–Crippen LogP) is 2.49. The fourth-order valence-electron chi connectivity index (χ4n) is 2.48. The molecule has 0 aromatic heterocycles. The second-order valence-corrected chi connectivity index (χ2v) is 8.93. The lowest BCUT2D eigenvalue weighted by Crippen LogP contribution is -2.26. The molecule has 0 aliphatic rings. The summed E-state index contributed by atoms with van der Waals surface area (Å²) >= 11 is 0. The third kappa shape index (κ3) is 4.83. The van der Waals surface area contributed by atoms with E-state index in [0.717, 1.165) is 5.56 Å². The number of hydrogen-bond acceptors (Lipinski definition) is 4. The van der Waals surface area contributed by atoms with E-state index in [4.69, 9.17) is 11.1 Å². The van der Waals surface area contributed by atoms with Crippen molar-refractivity contribution in [3.05, 3.63) is 59.2 Å². The highest BCUT2D eigenvalue weighted by molar-refractivity contribution is 7.89. The second kappa shape index (κ2) is 7.47. The van der Waals surface area contributed by atoms with Crippen LogP contribution in [-0.2, 0) is 21.9 Å². The van der Waals surface area contributed by atoms with Gasteiger partial charge in [-0.25, -0.2) is 13.1 Å². The SMILES string of the molecule is CC(C)(C)c1ccc(CCNS(=O)(=O)c2cc(C(=N)N)ccc2O)cc1. The van der Waals surface area contributed by atoms with E-state index in [-0.39, 0.29) is 34.0 Å². The van der Waals surface area contributed by atoms with Crippen molar-refractivity contribution in [3.63, 3.8) is 0 Å². The molecule has 140 valence electrons. The Morgan fingerprint density at radius 2 is 1.77 bits per heavy atom. The Balaban J connectivity index is 2.07. The van der Waals surface area contributed by atoms with Crippen molar-refractivity contribution in [1.29, 1.82) is 5.41 Å². The summed E-state index contributed by atoms with van der Waals surface area (Å²) in [6, 6.07) is 11.9. The van der Waals surface area contributed by atoms with Crippen molar-refractivity contribution in [2.24, 2.45) is 5.73 Å². The van der Waals surface area contributed by atoms with Crippen molar-refractivity contribution in [1.82, 2.24) is 4.72 Å². The molecule has 0 heterocycles. The Bertz CT molecular complexity index is 899. The zero-order valence-corrected chi connectivity index (χ0v) is 16.0. The molecule has 7 heteroatoms. The van der Waals surface area contributed by atoms with Gasteiger partial charge in [0.15, 0.2) is 0 Å². The topological polar surface area (TPSA) is 116 Å². The van der Waals surface area contributed by atoms with Crippen LogP contribution in [-0.4, -0.2) is 25.9 Å². The Morgan fingerprint density at radius 1 is 1.15 bits per heavy atom. The normalized spacial score (nSPS) is 12.1. The van der Waals surface area contributed by atoms with E-state index in [0.29, 0.717) is 6.42 Å². The van der Waals surface area contributed by atoms with Crippen LogP contribution in [0.25, 0.3) is 0 Å². The number of nitrogens with two attached hydrogens (primary N) is 1. The molecule has 0 amide bonds. The van der Waals surface area contributed by atoms with Gasteiger partial charge in [0.05, 0.1) is 0 Å². The first-order valence-electron chi connectivity index (χ1n) is 8.27. The van der Waals surface area contributed by atoms with Crippen LogP contribution in [0.5, 0.6) is 5.75 Å². The highest BCUT2D eigenvalue weighted by atomic mass is 32.2. The molecular weight excluding hydrogens is 350 g/mol. The lowest BCUT2D eigenvalue weighted by atomic mass is 9.86. The second-order valence-electron chi connectivity index (χ2n) is 7.19. The first-order valence-corrected chi connectivity index (χ1v) is 9.75. The number of nitrogens with one attached hydrogen (secondary N) is 2. The molecule has 2 aromatic rings. The van der Waals surface area contributed by atoms with Gasteiger partial charge in [-0.05, 0) is 41.2 Å². The van der Waals surface area contributed by atoms with Gasteiger partial charge in [-0.2, -0.15) is 0 Å². The first kappa shape index (κ1) is 19.9. The Hall–Kier alpha value is -2.38. The summed E-state index contributed by atoms with van der Waals surface area (Å²) < 4.78 is 27.3. The van der Waals surface area contributed by atoms with E-state index < -0.39 is 10.0 Å². The third-order valence-corrected chi connectivity index (χ3v) is 5.58. The van der Waals surface area contributed by atoms with Crippen LogP contribution in [0, 0.1) is 5.41 Å². The Labute approximate surface area is 154 Å². The smallest absolute Gasteiger partial charge is 0.244 e. The lowest BCUT2D eigenvalue weighted by molar-refractivity contribution is 0.458. The summed E-state index contributed by atoms with van der Waals surface area (Å²) in [6.07, 6.45) is 0.525. The molecule has 0 radical (unpaired) electrons. The number of amidine groups is 1. The molecule has 0 aliphatic carbocycles. The molecule has 0 fully saturated rings. The van der Waals surface area contributed by atoms with Crippen LogP contribution in [0.3, 0.4) is 0 Å². The van der Waals surface area contributed by atoms with E-state index in [2.05, 4.69) is 25.5 Å². The number of rotatable bonds is 6. The average Bonchev–Trinajstić information content (AvgIpc) is 2.54. The zero-order chi connectivity index (χ0) is 19.5. The highest BCUT2D eigenvalue weighted by Gasteiger charge is 2.19. The summed E-state index contributed by atoms with van der Waals surface area (Å²) in [5, 5.41) is 17.2. The fourth-order valence-corrected chi connectivity index (χ4v) is 3.63. The van der Waals surface area contributed by atoms with Gasteiger partial charge in [0.2, 0.25) is 10.0 Å². The summed E-state index contributed by atoms with van der Waals surface area (Å²) in [6.45, 7) is 6.61. The van der Waals surface area contributed by atoms with Crippen molar-refractivity contribution in [3.8, 4) is 5.75 Å². The van der Waals surface area contributed by atoms with E-state index >= 15 is 0 Å². The van der Waals surface area contributed by atoms with E-state index in [1.807, 2.05) is 24.3 Å². The number of benzene rings is 2.